The Morgan fingerprint density at radius 2 is 1.93 bits per heavy atom. The minimum atomic E-state index is -0.00854. The molecule has 27 heavy (non-hydrogen) atoms. The fourth-order valence-corrected chi connectivity index (χ4v) is 5.18. The Morgan fingerprint density at radius 1 is 1.19 bits per heavy atom. The van der Waals surface area contributed by atoms with Crippen LogP contribution in [0.4, 0.5) is 5.00 Å². The van der Waals surface area contributed by atoms with Gasteiger partial charge in [0.25, 0.3) is 0 Å². The average molecular weight is 404 g/mol. The number of thiazole rings is 1. The van der Waals surface area contributed by atoms with Gasteiger partial charge in [0.15, 0.2) is 4.34 Å². The van der Waals surface area contributed by atoms with Crippen molar-refractivity contribution in [3.05, 3.63) is 30.3 Å². The Balaban J connectivity index is 1.73. The first-order chi connectivity index (χ1) is 13.2. The molecule has 0 aliphatic heterocycles. The van der Waals surface area contributed by atoms with E-state index in [9.17, 15) is 9.59 Å². The van der Waals surface area contributed by atoms with Crippen molar-refractivity contribution < 1.29 is 9.59 Å². The maximum atomic E-state index is 12.5. The van der Waals surface area contributed by atoms with Gasteiger partial charge in [0.05, 0.1) is 5.75 Å². The highest BCUT2D eigenvalue weighted by Crippen LogP contribution is 2.38. The second-order valence-corrected chi connectivity index (χ2v) is 8.89. The Morgan fingerprint density at radius 3 is 2.63 bits per heavy atom. The van der Waals surface area contributed by atoms with Crippen molar-refractivity contribution in [1.29, 1.82) is 0 Å². The number of benzene rings is 1. The minimum Gasteiger partial charge on any atom is -0.356 e. The lowest BCUT2D eigenvalue weighted by Crippen LogP contribution is -2.24. The van der Waals surface area contributed by atoms with Crippen LogP contribution >= 0.6 is 23.1 Å². The molecule has 3 rings (SSSR count). The monoisotopic (exact) mass is 403 g/mol. The van der Waals surface area contributed by atoms with Crippen molar-refractivity contribution in [3.8, 4) is 11.3 Å². The Bertz CT molecular complexity index is 771. The highest BCUT2D eigenvalue weighted by molar-refractivity contribution is 8.01. The number of anilines is 1. The summed E-state index contributed by atoms with van der Waals surface area (Å²) in [6.45, 7) is 2.52. The Hall–Kier alpha value is -1.86. The number of hydrogen-bond donors (Lipinski definition) is 2. The molecule has 2 aromatic rings. The van der Waals surface area contributed by atoms with Crippen LogP contribution < -0.4 is 10.6 Å². The molecule has 7 heteroatoms. The molecule has 0 bridgehead atoms. The first-order valence-corrected chi connectivity index (χ1v) is 11.2. The molecule has 0 atom stereocenters. The van der Waals surface area contributed by atoms with E-state index in [0.29, 0.717) is 24.6 Å². The molecule has 1 aliphatic rings. The third-order valence-electron chi connectivity index (χ3n) is 4.56. The summed E-state index contributed by atoms with van der Waals surface area (Å²) < 4.78 is 0.788. The second kappa shape index (κ2) is 9.90. The van der Waals surface area contributed by atoms with Gasteiger partial charge in [0.2, 0.25) is 11.8 Å². The lowest BCUT2D eigenvalue weighted by Gasteiger charge is -2.09. The number of nitrogens with one attached hydrogen (secondary N) is 2. The highest BCUT2D eigenvalue weighted by Gasteiger charge is 2.21. The summed E-state index contributed by atoms with van der Waals surface area (Å²) >= 11 is 2.84. The molecule has 2 N–H and O–H groups in total. The SMILES string of the molecule is CCNC(=O)CSc1nc(-c2ccccc2)c(NC(=O)CC2CCCC2)s1. The van der Waals surface area contributed by atoms with Crippen LogP contribution in [0.2, 0.25) is 0 Å². The van der Waals surface area contributed by atoms with E-state index in [1.165, 1.54) is 35.9 Å². The third kappa shape index (κ3) is 5.81. The number of nitrogens with zero attached hydrogens (tertiary/aromatic N) is 1. The number of rotatable bonds is 8. The Labute approximate surface area is 168 Å². The van der Waals surface area contributed by atoms with Crippen molar-refractivity contribution >= 4 is 39.9 Å². The van der Waals surface area contributed by atoms with Crippen LogP contribution in [0.25, 0.3) is 11.3 Å². The zero-order valence-electron chi connectivity index (χ0n) is 15.5. The lowest BCUT2D eigenvalue weighted by molar-refractivity contribution is -0.118. The summed E-state index contributed by atoms with van der Waals surface area (Å²) in [4.78, 5) is 28.9. The number of carbonyl (C=O) groups excluding carboxylic acids is 2. The van der Waals surface area contributed by atoms with Gasteiger partial charge in [-0.1, -0.05) is 66.3 Å². The fraction of sp³-hybridized carbons (Fsp3) is 0.450. The standard InChI is InChI=1S/C20H25N3O2S2/c1-2-21-17(25)13-26-20-23-18(15-10-4-3-5-11-15)19(27-20)22-16(24)12-14-8-6-7-9-14/h3-5,10-11,14H,2,6-9,12-13H2,1H3,(H,21,25)(H,22,24). The topological polar surface area (TPSA) is 71.1 Å². The van der Waals surface area contributed by atoms with Crippen LogP contribution in [-0.2, 0) is 9.59 Å². The van der Waals surface area contributed by atoms with Gasteiger partial charge < -0.3 is 10.6 Å². The van der Waals surface area contributed by atoms with Crippen LogP contribution in [0.1, 0.15) is 39.0 Å². The predicted molar refractivity (Wildman–Crippen MR) is 112 cm³/mol. The molecule has 5 nitrogen and oxygen atoms in total. The second-order valence-electron chi connectivity index (χ2n) is 6.67. The molecular formula is C20H25N3O2S2. The average Bonchev–Trinajstić information content (AvgIpc) is 3.31. The van der Waals surface area contributed by atoms with Gasteiger partial charge in [-0.05, 0) is 25.7 Å². The summed E-state index contributed by atoms with van der Waals surface area (Å²) in [6.07, 6.45) is 5.33. The normalized spacial score (nSPS) is 14.3. The summed E-state index contributed by atoms with van der Waals surface area (Å²) in [6, 6.07) is 9.85. The highest BCUT2D eigenvalue weighted by atomic mass is 32.2. The molecule has 0 radical (unpaired) electrons. The van der Waals surface area contributed by atoms with Crippen LogP contribution in [-0.4, -0.2) is 29.1 Å². The molecule has 1 saturated carbocycles. The lowest BCUT2D eigenvalue weighted by atomic mass is 10.0. The number of hydrogen-bond acceptors (Lipinski definition) is 5. The molecule has 1 heterocycles. The number of carbonyl (C=O) groups is 2. The maximum absolute atomic E-state index is 12.5. The molecule has 0 unspecified atom stereocenters. The smallest absolute Gasteiger partial charge is 0.230 e. The van der Waals surface area contributed by atoms with Crippen LogP contribution in [0.5, 0.6) is 0 Å². The summed E-state index contributed by atoms with van der Waals surface area (Å²) in [7, 11) is 0. The van der Waals surface area contributed by atoms with E-state index >= 15 is 0 Å². The maximum Gasteiger partial charge on any atom is 0.230 e. The van der Waals surface area contributed by atoms with Gasteiger partial charge in [0, 0.05) is 18.5 Å². The van der Waals surface area contributed by atoms with Gasteiger partial charge in [-0.2, -0.15) is 0 Å². The largest absolute Gasteiger partial charge is 0.356 e. The number of thioether (sulfide) groups is 1. The molecule has 1 aromatic heterocycles. The van der Waals surface area contributed by atoms with Gasteiger partial charge in [-0.25, -0.2) is 4.98 Å². The molecule has 1 fully saturated rings. The number of aromatic nitrogens is 1. The van der Waals surface area contributed by atoms with Gasteiger partial charge in [-0.15, -0.1) is 0 Å². The molecule has 0 spiro atoms. The summed E-state index contributed by atoms with van der Waals surface area (Å²) in [5.74, 6) is 0.879. The summed E-state index contributed by atoms with van der Waals surface area (Å²) in [5, 5.41) is 6.63. The van der Waals surface area contributed by atoms with Crippen molar-refractivity contribution in [2.45, 2.75) is 43.4 Å². The summed E-state index contributed by atoms with van der Waals surface area (Å²) in [5.41, 5.74) is 1.74. The quantitative estimate of drug-likeness (QED) is 0.634. The van der Waals surface area contributed by atoms with Crippen LogP contribution in [0.15, 0.2) is 34.7 Å². The van der Waals surface area contributed by atoms with E-state index in [-0.39, 0.29) is 11.8 Å². The zero-order chi connectivity index (χ0) is 19.1. The van der Waals surface area contributed by atoms with Crippen molar-refractivity contribution in [2.24, 2.45) is 5.92 Å². The van der Waals surface area contributed by atoms with Crippen molar-refractivity contribution in [3.63, 3.8) is 0 Å². The van der Waals surface area contributed by atoms with Gasteiger partial charge in [0.1, 0.15) is 10.7 Å². The van der Waals surface area contributed by atoms with E-state index in [1.54, 1.807) is 0 Å². The first kappa shape index (κ1) is 19.9. The zero-order valence-corrected chi connectivity index (χ0v) is 17.1. The molecular weight excluding hydrogens is 378 g/mol. The van der Waals surface area contributed by atoms with Crippen LogP contribution in [0, 0.1) is 5.92 Å². The number of amides is 2. The minimum absolute atomic E-state index is 0.00854. The van der Waals surface area contributed by atoms with E-state index in [4.69, 9.17) is 0 Å². The van der Waals surface area contributed by atoms with E-state index in [1.807, 2.05) is 37.3 Å². The third-order valence-corrected chi connectivity index (χ3v) is 6.67. The van der Waals surface area contributed by atoms with Crippen LogP contribution in [0.3, 0.4) is 0 Å². The van der Waals surface area contributed by atoms with Crippen molar-refractivity contribution in [1.82, 2.24) is 10.3 Å². The molecule has 144 valence electrons. The van der Waals surface area contributed by atoms with Gasteiger partial charge >= 0.3 is 0 Å². The predicted octanol–water partition coefficient (Wildman–Crippen LogP) is 4.56. The Kier molecular flexibility index (Phi) is 7.29. The first-order valence-electron chi connectivity index (χ1n) is 9.41. The fourth-order valence-electron chi connectivity index (χ4n) is 3.27. The van der Waals surface area contributed by atoms with Gasteiger partial charge in [-0.3, -0.25) is 9.59 Å². The molecule has 1 aliphatic carbocycles. The van der Waals surface area contributed by atoms with Crippen molar-refractivity contribution in [2.75, 3.05) is 17.6 Å². The molecule has 0 saturated heterocycles. The molecule has 1 aromatic carbocycles. The van der Waals surface area contributed by atoms with E-state index in [0.717, 1.165) is 33.4 Å². The van der Waals surface area contributed by atoms with E-state index < -0.39 is 0 Å². The molecule has 2 amide bonds. The van der Waals surface area contributed by atoms with E-state index in [2.05, 4.69) is 15.6 Å².